The third-order valence-electron chi connectivity index (χ3n) is 3.04. The van der Waals surface area contributed by atoms with Crippen molar-refractivity contribution < 1.29 is 4.74 Å². The molecule has 0 bridgehead atoms. The predicted octanol–water partition coefficient (Wildman–Crippen LogP) is 3.14. The summed E-state index contributed by atoms with van der Waals surface area (Å²) in [5, 5.41) is 4.48. The van der Waals surface area contributed by atoms with Gasteiger partial charge >= 0.3 is 0 Å². The van der Waals surface area contributed by atoms with Crippen LogP contribution in [-0.4, -0.2) is 16.4 Å². The van der Waals surface area contributed by atoms with E-state index in [-0.39, 0.29) is 0 Å². The van der Waals surface area contributed by atoms with Crippen LogP contribution >= 0.6 is 0 Å². The summed E-state index contributed by atoms with van der Waals surface area (Å²) in [5.41, 5.74) is 3.60. The molecule has 19 heavy (non-hydrogen) atoms. The lowest BCUT2D eigenvalue weighted by Gasteiger charge is -2.09. The lowest BCUT2D eigenvalue weighted by atomic mass is 10.0. The molecule has 0 aliphatic heterocycles. The first-order chi connectivity index (χ1) is 9.24. The van der Waals surface area contributed by atoms with Crippen molar-refractivity contribution in [1.82, 2.24) is 9.78 Å². The highest BCUT2D eigenvalue weighted by Crippen LogP contribution is 2.22. The Balaban J connectivity index is 2.24. The van der Waals surface area contributed by atoms with Crippen LogP contribution < -0.4 is 4.74 Å². The van der Waals surface area contributed by atoms with Gasteiger partial charge in [-0.2, -0.15) is 5.10 Å². The molecule has 0 aliphatic carbocycles. The molecule has 0 atom stereocenters. The molecule has 0 N–H and O–H groups in total. The minimum absolute atomic E-state index is 0.532. The molecular weight excluding hydrogens is 236 g/mol. The highest BCUT2D eigenvalue weighted by molar-refractivity contribution is 5.38. The molecule has 1 aromatic heterocycles. The van der Waals surface area contributed by atoms with E-state index in [0.717, 1.165) is 24.3 Å². The number of aromatic nitrogens is 2. The first-order valence-electron chi connectivity index (χ1n) is 6.57. The van der Waals surface area contributed by atoms with Gasteiger partial charge in [0.05, 0.1) is 5.69 Å². The van der Waals surface area contributed by atoms with E-state index in [1.807, 2.05) is 29.9 Å². The molecule has 1 heterocycles. The monoisotopic (exact) mass is 256 g/mol. The van der Waals surface area contributed by atoms with Crippen molar-refractivity contribution in [1.29, 1.82) is 0 Å². The van der Waals surface area contributed by atoms with E-state index >= 15 is 0 Å². The van der Waals surface area contributed by atoms with E-state index in [9.17, 15) is 0 Å². The van der Waals surface area contributed by atoms with Gasteiger partial charge in [0.1, 0.15) is 12.4 Å². The maximum absolute atomic E-state index is 5.69. The van der Waals surface area contributed by atoms with Crippen molar-refractivity contribution >= 4 is 0 Å². The summed E-state index contributed by atoms with van der Waals surface area (Å²) in [6.07, 6.45) is 5.65. The molecule has 0 fully saturated rings. The zero-order valence-corrected chi connectivity index (χ0v) is 11.6. The molecule has 0 aliphatic rings. The minimum Gasteiger partial charge on any atom is -0.489 e. The second kappa shape index (κ2) is 6.23. The van der Waals surface area contributed by atoms with Gasteiger partial charge in [-0.25, -0.2) is 0 Å². The van der Waals surface area contributed by atoms with E-state index < -0.39 is 0 Å². The molecule has 0 saturated carbocycles. The van der Waals surface area contributed by atoms with Gasteiger partial charge in [-0.1, -0.05) is 37.8 Å². The molecule has 0 saturated heterocycles. The Kier molecular flexibility index (Phi) is 4.39. The van der Waals surface area contributed by atoms with E-state index in [2.05, 4.69) is 30.9 Å². The van der Waals surface area contributed by atoms with Crippen LogP contribution in [-0.2, 0) is 19.9 Å². The smallest absolute Gasteiger partial charge is 0.123 e. The van der Waals surface area contributed by atoms with E-state index in [1.54, 1.807) is 6.08 Å². The maximum Gasteiger partial charge on any atom is 0.123 e. The van der Waals surface area contributed by atoms with Gasteiger partial charge in [0.25, 0.3) is 0 Å². The first-order valence-corrected chi connectivity index (χ1v) is 6.57. The molecule has 0 amide bonds. The van der Waals surface area contributed by atoms with Gasteiger partial charge in [-0.05, 0) is 23.6 Å². The number of hydrogen-bond acceptors (Lipinski definition) is 2. The summed E-state index contributed by atoms with van der Waals surface area (Å²) in [5.74, 6) is 0.924. The van der Waals surface area contributed by atoms with Crippen molar-refractivity contribution in [3.63, 3.8) is 0 Å². The fraction of sp³-hybridized carbons (Fsp3) is 0.312. The number of rotatable bonds is 6. The number of ether oxygens (including phenoxy) is 1. The van der Waals surface area contributed by atoms with Crippen LogP contribution in [0, 0.1) is 0 Å². The van der Waals surface area contributed by atoms with Crippen LogP contribution in [0.25, 0.3) is 0 Å². The van der Waals surface area contributed by atoms with Gasteiger partial charge in [0.15, 0.2) is 0 Å². The number of hydrogen-bond donors (Lipinski definition) is 0. The highest BCUT2D eigenvalue weighted by Gasteiger charge is 2.09. The Morgan fingerprint density at radius 2 is 2.11 bits per heavy atom. The number of para-hydroxylation sites is 1. The Morgan fingerprint density at radius 1 is 1.32 bits per heavy atom. The number of nitrogens with zero attached hydrogens (tertiary/aromatic N) is 2. The zero-order valence-electron chi connectivity index (χ0n) is 11.6. The lowest BCUT2D eigenvalue weighted by Crippen LogP contribution is -1.99. The van der Waals surface area contributed by atoms with Crippen molar-refractivity contribution in [2.45, 2.75) is 19.8 Å². The molecule has 3 nitrogen and oxygen atoms in total. The van der Waals surface area contributed by atoms with Crippen LogP contribution in [0.4, 0.5) is 0 Å². The molecule has 1 aromatic carbocycles. The first kappa shape index (κ1) is 13.4. The predicted molar refractivity (Wildman–Crippen MR) is 77.5 cm³/mol. The minimum atomic E-state index is 0.532. The molecule has 0 unspecified atom stereocenters. The van der Waals surface area contributed by atoms with Gasteiger partial charge in [0.2, 0.25) is 0 Å². The van der Waals surface area contributed by atoms with Gasteiger partial charge < -0.3 is 4.74 Å². The molecule has 0 spiro atoms. The SMILES string of the molecule is C=CCOc1ccccc1Cc1cn(C)nc1CC. The summed E-state index contributed by atoms with van der Waals surface area (Å²) in [6.45, 7) is 6.35. The van der Waals surface area contributed by atoms with Crippen LogP contribution in [0.2, 0.25) is 0 Å². The fourth-order valence-electron chi connectivity index (χ4n) is 2.17. The van der Waals surface area contributed by atoms with Crippen LogP contribution in [0.3, 0.4) is 0 Å². The van der Waals surface area contributed by atoms with Gasteiger partial charge in [-0.15, -0.1) is 0 Å². The second-order valence-electron chi connectivity index (χ2n) is 4.51. The zero-order chi connectivity index (χ0) is 13.7. The van der Waals surface area contributed by atoms with E-state index in [1.165, 1.54) is 11.1 Å². The van der Waals surface area contributed by atoms with E-state index in [0.29, 0.717) is 6.61 Å². The standard InChI is InChI=1S/C16H20N2O/c1-4-10-19-16-9-7-6-8-13(16)11-14-12-18(3)17-15(14)5-2/h4,6-9,12H,1,5,10-11H2,2-3H3. The summed E-state index contributed by atoms with van der Waals surface area (Å²) < 4.78 is 7.57. The topological polar surface area (TPSA) is 27.1 Å². The highest BCUT2D eigenvalue weighted by atomic mass is 16.5. The molecule has 2 rings (SSSR count). The Bertz CT molecular complexity index is 558. The quantitative estimate of drug-likeness (QED) is 0.742. The third-order valence-corrected chi connectivity index (χ3v) is 3.04. The molecule has 2 aromatic rings. The fourth-order valence-corrected chi connectivity index (χ4v) is 2.17. The van der Waals surface area contributed by atoms with Crippen molar-refractivity contribution in [2.75, 3.05) is 6.61 Å². The van der Waals surface area contributed by atoms with Crippen LogP contribution in [0.1, 0.15) is 23.7 Å². The number of benzene rings is 1. The third kappa shape index (κ3) is 3.25. The van der Waals surface area contributed by atoms with Crippen molar-refractivity contribution in [3.8, 4) is 5.75 Å². The van der Waals surface area contributed by atoms with Gasteiger partial charge in [0, 0.05) is 19.7 Å². The Hall–Kier alpha value is -2.03. The number of aryl methyl sites for hydroxylation is 2. The largest absolute Gasteiger partial charge is 0.489 e. The van der Waals surface area contributed by atoms with Crippen LogP contribution in [0.5, 0.6) is 5.75 Å². The average Bonchev–Trinajstić information content (AvgIpc) is 2.78. The lowest BCUT2D eigenvalue weighted by molar-refractivity contribution is 0.360. The second-order valence-corrected chi connectivity index (χ2v) is 4.51. The Labute approximate surface area is 114 Å². The Morgan fingerprint density at radius 3 is 2.84 bits per heavy atom. The normalized spacial score (nSPS) is 10.4. The summed E-state index contributed by atoms with van der Waals surface area (Å²) in [4.78, 5) is 0. The van der Waals surface area contributed by atoms with E-state index in [4.69, 9.17) is 4.74 Å². The summed E-state index contributed by atoms with van der Waals surface area (Å²) in [6, 6.07) is 8.13. The molecule has 100 valence electrons. The average molecular weight is 256 g/mol. The summed E-state index contributed by atoms with van der Waals surface area (Å²) in [7, 11) is 1.96. The van der Waals surface area contributed by atoms with Crippen LogP contribution in [0.15, 0.2) is 43.1 Å². The van der Waals surface area contributed by atoms with Gasteiger partial charge in [-0.3, -0.25) is 4.68 Å². The van der Waals surface area contributed by atoms with Crippen molar-refractivity contribution in [2.24, 2.45) is 7.05 Å². The maximum atomic E-state index is 5.69. The molecular formula is C16H20N2O. The molecule has 0 radical (unpaired) electrons. The van der Waals surface area contributed by atoms with Crippen molar-refractivity contribution in [3.05, 3.63) is 59.9 Å². The molecule has 3 heteroatoms. The summed E-state index contributed by atoms with van der Waals surface area (Å²) >= 11 is 0.